The first-order chi connectivity index (χ1) is 12.0. The number of benzene rings is 2. The molecule has 0 aromatic heterocycles. The van der Waals surface area contributed by atoms with E-state index < -0.39 is 6.61 Å². The van der Waals surface area contributed by atoms with Crippen LogP contribution < -0.4 is 4.74 Å². The number of carbonyl (C=O) groups excluding carboxylic acids is 1. The van der Waals surface area contributed by atoms with Gasteiger partial charge in [0.2, 0.25) is 0 Å². The lowest BCUT2D eigenvalue weighted by atomic mass is 10.0. The van der Waals surface area contributed by atoms with Crippen LogP contribution in [0.3, 0.4) is 0 Å². The summed E-state index contributed by atoms with van der Waals surface area (Å²) in [6.45, 7) is -2.83. The third kappa shape index (κ3) is 4.16. The van der Waals surface area contributed by atoms with E-state index in [1.54, 1.807) is 12.1 Å². The second-order valence-corrected chi connectivity index (χ2v) is 6.33. The molecule has 5 heteroatoms. The van der Waals surface area contributed by atoms with Gasteiger partial charge in [0.15, 0.2) is 0 Å². The maximum atomic E-state index is 12.6. The molecule has 1 aliphatic rings. The molecule has 1 fully saturated rings. The van der Waals surface area contributed by atoms with Crippen molar-refractivity contribution < 1.29 is 18.3 Å². The van der Waals surface area contributed by atoms with Gasteiger partial charge in [-0.1, -0.05) is 37.1 Å². The van der Waals surface area contributed by atoms with Gasteiger partial charge in [0, 0.05) is 18.7 Å². The summed E-state index contributed by atoms with van der Waals surface area (Å²) in [6, 6.07) is 14.2. The molecule has 2 aromatic carbocycles. The maximum absolute atomic E-state index is 12.6. The lowest BCUT2D eigenvalue weighted by Gasteiger charge is -2.24. The van der Waals surface area contributed by atoms with Crippen molar-refractivity contribution >= 4 is 5.91 Å². The average Bonchev–Trinajstić information content (AvgIpc) is 3.15. The maximum Gasteiger partial charge on any atom is 0.387 e. The van der Waals surface area contributed by atoms with Crippen LogP contribution in [0, 0.1) is 0 Å². The lowest BCUT2D eigenvalue weighted by Crippen LogP contribution is -2.35. The van der Waals surface area contributed by atoms with Crippen molar-refractivity contribution in [2.45, 2.75) is 38.3 Å². The van der Waals surface area contributed by atoms with Gasteiger partial charge < -0.3 is 9.64 Å². The van der Waals surface area contributed by atoms with Gasteiger partial charge in [-0.3, -0.25) is 4.79 Å². The number of amides is 1. The summed E-state index contributed by atoms with van der Waals surface area (Å²) in [6.07, 6.45) is 4.53. The first-order valence-corrected chi connectivity index (χ1v) is 8.47. The third-order valence-corrected chi connectivity index (χ3v) is 4.74. The predicted octanol–water partition coefficient (Wildman–Crippen LogP) is 4.97. The largest absolute Gasteiger partial charge is 0.435 e. The number of rotatable bonds is 5. The van der Waals surface area contributed by atoms with E-state index in [1.165, 1.54) is 25.0 Å². The number of halogens is 2. The SMILES string of the molecule is CN(C(=O)c1ccc(-c2ccc(OC(F)F)cc2)cc1)C1CCCC1. The second-order valence-electron chi connectivity index (χ2n) is 6.33. The van der Waals surface area contributed by atoms with Gasteiger partial charge in [0.1, 0.15) is 5.75 Å². The smallest absolute Gasteiger partial charge is 0.387 e. The monoisotopic (exact) mass is 345 g/mol. The van der Waals surface area contributed by atoms with Crippen LogP contribution in [-0.2, 0) is 0 Å². The van der Waals surface area contributed by atoms with Gasteiger partial charge in [0.05, 0.1) is 0 Å². The van der Waals surface area contributed by atoms with Crippen LogP contribution in [0.5, 0.6) is 5.75 Å². The van der Waals surface area contributed by atoms with Gasteiger partial charge in [-0.2, -0.15) is 8.78 Å². The van der Waals surface area contributed by atoms with Gasteiger partial charge in [-0.15, -0.1) is 0 Å². The molecule has 25 heavy (non-hydrogen) atoms. The Hall–Kier alpha value is -2.43. The molecule has 0 saturated heterocycles. The van der Waals surface area contributed by atoms with Crippen molar-refractivity contribution in [3.63, 3.8) is 0 Å². The Balaban J connectivity index is 1.70. The summed E-state index contributed by atoms with van der Waals surface area (Å²) < 4.78 is 28.7. The topological polar surface area (TPSA) is 29.5 Å². The average molecular weight is 345 g/mol. The Morgan fingerprint density at radius 1 is 1.00 bits per heavy atom. The van der Waals surface area contributed by atoms with E-state index >= 15 is 0 Å². The third-order valence-electron chi connectivity index (χ3n) is 4.74. The highest BCUT2D eigenvalue weighted by atomic mass is 19.3. The number of ether oxygens (including phenoxy) is 1. The fraction of sp³-hybridized carbons (Fsp3) is 0.350. The summed E-state index contributed by atoms with van der Waals surface area (Å²) in [5.74, 6) is 0.169. The van der Waals surface area contributed by atoms with Crippen LogP contribution in [0.25, 0.3) is 11.1 Å². The van der Waals surface area contributed by atoms with Crippen molar-refractivity contribution in [2.24, 2.45) is 0 Å². The fourth-order valence-electron chi connectivity index (χ4n) is 3.30. The first-order valence-electron chi connectivity index (χ1n) is 8.47. The van der Waals surface area contributed by atoms with Crippen molar-refractivity contribution in [3.8, 4) is 16.9 Å². The highest BCUT2D eigenvalue weighted by Crippen LogP contribution is 2.26. The molecule has 0 heterocycles. The van der Waals surface area contributed by atoms with Crippen molar-refractivity contribution in [1.29, 1.82) is 0 Å². The van der Waals surface area contributed by atoms with E-state index in [4.69, 9.17) is 0 Å². The zero-order valence-corrected chi connectivity index (χ0v) is 14.1. The Kier molecular flexibility index (Phi) is 5.31. The van der Waals surface area contributed by atoms with E-state index in [-0.39, 0.29) is 11.7 Å². The summed E-state index contributed by atoms with van der Waals surface area (Å²) in [5.41, 5.74) is 2.46. The first kappa shape index (κ1) is 17.4. The molecule has 0 radical (unpaired) electrons. The molecule has 0 unspecified atom stereocenters. The van der Waals surface area contributed by atoms with Gasteiger partial charge >= 0.3 is 6.61 Å². The highest BCUT2D eigenvalue weighted by molar-refractivity contribution is 5.94. The molecule has 1 saturated carbocycles. The Morgan fingerprint density at radius 2 is 1.52 bits per heavy atom. The summed E-state index contributed by atoms with van der Waals surface area (Å²) >= 11 is 0. The van der Waals surface area contributed by atoms with E-state index in [9.17, 15) is 13.6 Å². The van der Waals surface area contributed by atoms with Crippen LogP contribution in [0.15, 0.2) is 48.5 Å². The van der Waals surface area contributed by atoms with Gasteiger partial charge in [-0.25, -0.2) is 0 Å². The van der Waals surface area contributed by atoms with Crippen LogP contribution in [0.1, 0.15) is 36.0 Å². The molecule has 1 aliphatic carbocycles. The molecule has 0 N–H and O–H groups in total. The minimum atomic E-state index is -2.83. The number of nitrogens with zero attached hydrogens (tertiary/aromatic N) is 1. The Bertz CT molecular complexity index is 707. The Labute approximate surface area is 146 Å². The molecular formula is C20H21F2NO2. The van der Waals surface area contributed by atoms with E-state index in [0.29, 0.717) is 11.6 Å². The van der Waals surface area contributed by atoms with Crippen LogP contribution in [0.2, 0.25) is 0 Å². The minimum absolute atomic E-state index is 0.0409. The number of carbonyl (C=O) groups is 1. The quantitative estimate of drug-likeness (QED) is 0.766. The van der Waals surface area contributed by atoms with Crippen molar-refractivity contribution in [2.75, 3.05) is 7.05 Å². The van der Waals surface area contributed by atoms with Gasteiger partial charge in [-0.05, 0) is 48.2 Å². The molecule has 2 aromatic rings. The molecule has 0 aliphatic heterocycles. The summed E-state index contributed by atoms with van der Waals surface area (Å²) in [5, 5.41) is 0. The molecule has 1 amide bonds. The number of hydrogen-bond acceptors (Lipinski definition) is 2. The predicted molar refractivity (Wildman–Crippen MR) is 92.9 cm³/mol. The zero-order valence-electron chi connectivity index (χ0n) is 14.1. The summed E-state index contributed by atoms with van der Waals surface area (Å²) in [7, 11) is 1.87. The molecule has 0 atom stereocenters. The minimum Gasteiger partial charge on any atom is -0.435 e. The lowest BCUT2D eigenvalue weighted by molar-refractivity contribution is -0.0498. The standard InChI is InChI=1S/C20H21F2NO2/c1-23(17-4-2-3-5-17)19(24)16-8-6-14(7-9-16)15-10-12-18(13-11-15)25-20(21)22/h6-13,17,20H,2-5H2,1H3. The molecular weight excluding hydrogens is 324 g/mol. The molecule has 0 spiro atoms. The van der Waals surface area contributed by atoms with Crippen LogP contribution in [-0.4, -0.2) is 30.5 Å². The molecule has 3 rings (SSSR count). The highest BCUT2D eigenvalue weighted by Gasteiger charge is 2.24. The van der Waals surface area contributed by atoms with Crippen LogP contribution >= 0.6 is 0 Å². The number of hydrogen-bond donors (Lipinski definition) is 0. The fourth-order valence-corrected chi connectivity index (χ4v) is 3.30. The second kappa shape index (κ2) is 7.64. The van der Waals surface area contributed by atoms with E-state index in [2.05, 4.69) is 4.74 Å². The molecule has 132 valence electrons. The van der Waals surface area contributed by atoms with E-state index in [0.717, 1.165) is 24.0 Å². The normalized spacial score (nSPS) is 14.7. The van der Waals surface area contributed by atoms with E-state index in [1.807, 2.05) is 36.2 Å². The molecule has 0 bridgehead atoms. The number of alkyl halides is 2. The zero-order chi connectivity index (χ0) is 17.8. The van der Waals surface area contributed by atoms with Crippen LogP contribution in [0.4, 0.5) is 8.78 Å². The Morgan fingerprint density at radius 3 is 2.04 bits per heavy atom. The van der Waals surface area contributed by atoms with Crippen molar-refractivity contribution in [3.05, 3.63) is 54.1 Å². The van der Waals surface area contributed by atoms with Crippen molar-refractivity contribution in [1.82, 2.24) is 4.90 Å². The summed E-state index contributed by atoms with van der Waals surface area (Å²) in [4.78, 5) is 14.4. The van der Waals surface area contributed by atoms with Gasteiger partial charge in [0.25, 0.3) is 5.91 Å². The molecule has 3 nitrogen and oxygen atoms in total.